The van der Waals surface area contributed by atoms with Gasteiger partial charge in [0.25, 0.3) is 5.91 Å². The third kappa shape index (κ3) is 5.30. The van der Waals surface area contributed by atoms with Crippen LogP contribution in [0.3, 0.4) is 0 Å². The van der Waals surface area contributed by atoms with E-state index in [1.165, 1.54) is 38.4 Å². The molecule has 0 bridgehead atoms. The number of carbonyl (C=O) groups excluding carboxylic acids is 3. The molecule has 0 saturated heterocycles. The summed E-state index contributed by atoms with van der Waals surface area (Å²) in [7, 11) is 2.64. The molecule has 0 spiro atoms. The predicted octanol–water partition coefficient (Wildman–Crippen LogP) is 2.71. The summed E-state index contributed by atoms with van der Waals surface area (Å²) in [5.41, 5.74) is 0.998. The molecule has 0 aliphatic rings. The van der Waals surface area contributed by atoms with Crippen molar-refractivity contribution < 1.29 is 23.5 Å². The summed E-state index contributed by atoms with van der Waals surface area (Å²) >= 11 is 0. The van der Waals surface area contributed by atoms with E-state index in [4.69, 9.17) is 0 Å². The Bertz CT molecular complexity index is 826. The maximum Gasteiger partial charge on any atom is 0.409 e. The molecule has 0 heterocycles. The largest absolute Gasteiger partial charge is 0.453 e. The van der Waals surface area contributed by atoms with E-state index >= 15 is 0 Å². The zero-order valence-electron chi connectivity index (χ0n) is 14.3. The lowest BCUT2D eigenvalue weighted by Gasteiger charge is -2.15. The molecule has 0 saturated carbocycles. The summed E-state index contributed by atoms with van der Waals surface area (Å²) in [5.74, 6) is -1.35. The van der Waals surface area contributed by atoms with E-state index in [2.05, 4.69) is 15.4 Å². The van der Waals surface area contributed by atoms with Crippen LogP contribution in [0.4, 0.5) is 20.6 Å². The van der Waals surface area contributed by atoms with Crippen molar-refractivity contribution in [2.45, 2.75) is 0 Å². The molecule has 0 unspecified atom stereocenters. The van der Waals surface area contributed by atoms with Crippen LogP contribution in [-0.4, -0.2) is 43.5 Å². The van der Waals surface area contributed by atoms with Gasteiger partial charge in [-0.25, -0.2) is 9.18 Å². The van der Waals surface area contributed by atoms with E-state index < -0.39 is 23.7 Å². The van der Waals surface area contributed by atoms with Gasteiger partial charge in [0.2, 0.25) is 5.91 Å². The van der Waals surface area contributed by atoms with Crippen molar-refractivity contribution in [3.05, 3.63) is 59.9 Å². The SMILES string of the molecule is COC(=O)N(C)CC(=O)Nc1cccc(C(=O)Nc2cccc(F)c2)c1. The van der Waals surface area contributed by atoms with E-state index in [1.807, 2.05) is 0 Å². The van der Waals surface area contributed by atoms with E-state index in [-0.39, 0.29) is 12.1 Å². The van der Waals surface area contributed by atoms with Gasteiger partial charge in [0.15, 0.2) is 0 Å². The molecule has 2 rings (SSSR count). The highest BCUT2D eigenvalue weighted by atomic mass is 19.1. The molecule has 2 aromatic rings. The van der Waals surface area contributed by atoms with Gasteiger partial charge in [-0.1, -0.05) is 12.1 Å². The number of carbonyl (C=O) groups is 3. The average molecular weight is 359 g/mol. The lowest BCUT2D eigenvalue weighted by Crippen LogP contribution is -2.34. The molecule has 3 amide bonds. The number of amides is 3. The highest BCUT2D eigenvalue weighted by Crippen LogP contribution is 2.14. The van der Waals surface area contributed by atoms with E-state index in [1.54, 1.807) is 24.3 Å². The van der Waals surface area contributed by atoms with Gasteiger partial charge >= 0.3 is 6.09 Å². The van der Waals surface area contributed by atoms with Crippen molar-refractivity contribution in [2.24, 2.45) is 0 Å². The second kappa shape index (κ2) is 8.61. The molecule has 0 aliphatic carbocycles. The van der Waals surface area contributed by atoms with Crippen molar-refractivity contribution >= 4 is 29.3 Å². The maximum atomic E-state index is 13.2. The Morgan fingerprint density at radius 1 is 1.04 bits per heavy atom. The predicted molar refractivity (Wildman–Crippen MR) is 94.5 cm³/mol. The van der Waals surface area contributed by atoms with Crippen LogP contribution in [0.5, 0.6) is 0 Å². The van der Waals surface area contributed by atoms with Crippen LogP contribution in [0, 0.1) is 5.82 Å². The molecular formula is C18H18FN3O4. The number of hydrogen-bond acceptors (Lipinski definition) is 4. The molecule has 0 aliphatic heterocycles. The summed E-state index contributed by atoms with van der Waals surface area (Å²) in [5, 5.41) is 5.16. The maximum absolute atomic E-state index is 13.2. The monoisotopic (exact) mass is 359 g/mol. The summed E-state index contributed by atoms with van der Waals surface area (Å²) < 4.78 is 17.7. The molecule has 0 atom stereocenters. The third-order valence-electron chi connectivity index (χ3n) is 3.36. The normalized spacial score (nSPS) is 9.96. The van der Waals surface area contributed by atoms with Gasteiger partial charge in [-0.3, -0.25) is 9.59 Å². The molecule has 2 N–H and O–H groups in total. The van der Waals surface area contributed by atoms with Gasteiger partial charge in [-0.15, -0.1) is 0 Å². The first-order valence-electron chi connectivity index (χ1n) is 7.65. The fourth-order valence-corrected chi connectivity index (χ4v) is 2.14. The Kier molecular flexibility index (Phi) is 6.26. The molecule has 2 aromatic carbocycles. The smallest absolute Gasteiger partial charge is 0.409 e. The zero-order valence-corrected chi connectivity index (χ0v) is 14.3. The zero-order chi connectivity index (χ0) is 19.1. The summed E-state index contributed by atoms with van der Waals surface area (Å²) in [4.78, 5) is 36.6. The lowest BCUT2D eigenvalue weighted by atomic mass is 10.1. The molecule has 26 heavy (non-hydrogen) atoms. The number of methoxy groups -OCH3 is 1. The fraction of sp³-hybridized carbons (Fsp3) is 0.167. The first-order chi connectivity index (χ1) is 12.4. The standard InChI is InChI=1S/C18H18FN3O4/c1-22(18(25)26-2)11-16(23)20-14-7-3-5-12(9-14)17(24)21-15-8-4-6-13(19)10-15/h3-10H,11H2,1-2H3,(H,20,23)(H,21,24). The summed E-state index contributed by atoms with van der Waals surface area (Å²) in [6, 6.07) is 11.8. The van der Waals surface area contributed by atoms with Gasteiger partial charge in [-0.05, 0) is 36.4 Å². The van der Waals surface area contributed by atoms with Crippen molar-refractivity contribution in [3.8, 4) is 0 Å². The van der Waals surface area contributed by atoms with Gasteiger partial charge < -0.3 is 20.3 Å². The summed E-state index contributed by atoms with van der Waals surface area (Å²) in [6.07, 6.45) is -0.636. The van der Waals surface area contributed by atoms with Gasteiger partial charge in [-0.2, -0.15) is 0 Å². The van der Waals surface area contributed by atoms with Crippen molar-refractivity contribution in [3.63, 3.8) is 0 Å². The lowest BCUT2D eigenvalue weighted by molar-refractivity contribution is -0.116. The first kappa shape index (κ1) is 18.9. The minimum atomic E-state index is -0.636. The second-order valence-corrected chi connectivity index (χ2v) is 5.42. The highest BCUT2D eigenvalue weighted by molar-refractivity contribution is 6.05. The van der Waals surface area contributed by atoms with E-state index in [9.17, 15) is 18.8 Å². The number of hydrogen-bond donors (Lipinski definition) is 2. The van der Waals surface area contributed by atoms with E-state index in [0.717, 1.165) is 4.90 Å². The molecule has 7 nitrogen and oxygen atoms in total. The van der Waals surface area contributed by atoms with Crippen molar-refractivity contribution in [1.29, 1.82) is 0 Å². The van der Waals surface area contributed by atoms with Crippen LogP contribution in [0.25, 0.3) is 0 Å². The Balaban J connectivity index is 2.01. The summed E-state index contributed by atoms with van der Waals surface area (Å²) in [6.45, 7) is -0.202. The topological polar surface area (TPSA) is 87.7 Å². The molecule has 0 radical (unpaired) electrons. The number of ether oxygens (including phenoxy) is 1. The Morgan fingerprint density at radius 3 is 2.35 bits per heavy atom. The minimum Gasteiger partial charge on any atom is -0.453 e. The van der Waals surface area contributed by atoms with Gasteiger partial charge in [0.1, 0.15) is 12.4 Å². The van der Waals surface area contributed by atoms with Crippen LogP contribution in [0.1, 0.15) is 10.4 Å². The first-order valence-corrected chi connectivity index (χ1v) is 7.65. The average Bonchev–Trinajstić information content (AvgIpc) is 2.61. The third-order valence-corrected chi connectivity index (χ3v) is 3.36. The van der Waals surface area contributed by atoms with E-state index in [0.29, 0.717) is 11.4 Å². The molecule has 0 fully saturated rings. The molecular weight excluding hydrogens is 341 g/mol. The molecule has 0 aromatic heterocycles. The number of halogens is 1. The van der Waals surface area contributed by atoms with Gasteiger partial charge in [0.05, 0.1) is 7.11 Å². The number of benzene rings is 2. The minimum absolute atomic E-state index is 0.202. The quantitative estimate of drug-likeness (QED) is 0.859. The Hall–Kier alpha value is -3.42. The van der Waals surface area contributed by atoms with Crippen molar-refractivity contribution in [1.82, 2.24) is 4.90 Å². The highest BCUT2D eigenvalue weighted by Gasteiger charge is 2.14. The number of likely N-dealkylation sites (N-methyl/N-ethyl adjacent to an activating group) is 1. The number of anilines is 2. The van der Waals surface area contributed by atoms with Gasteiger partial charge in [0, 0.05) is 24.0 Å². The number of nitrogens with one attached hydrogen (secondary N) is 2. The molecule has 8 heteroatoms. The Morgan fingerprint density at radius 2 is 1.69 bits per heavy atom. The van der Waals surface area contributed by atoms with Crippen molar-refractivity contribution in [2.75, 3.05) is 31.3 Å². The number of nitrogens with zero attached hydrogens (tertiary/aromatic N) is 1. The fourth-order valence-electron chi connectivity index (χ4n) is 2.14. The van der Waals surface area contributed by atoms with Crippen LogP contribution in [-0.2, 0) is 9.53 Å². The van der Waals surface area contributed by atoms with Crippen LogP contribution >= 0.6 is 0 Å². The molecule has 136 valence electrons. The Labute approximate surface area is 149 Å². The van der Waals surface area contributed by atoms with Crippen LogP contribution in [0.15, 0.2) is 48.5 Å². The van der Waals surface area contributed by atoms with Crippen LogP contribution in [0.2, 0.25) is 0 Å². The number of rotatable bonds is 5. The second-order valence-electron chi connectivity index (χ2n) is 5.42. The van der Waals surface area contributed by atoms with Crippen LogP contribution < -0.4 is 10.6 Å².